The van der Waals surface area contributed by atoms with Gasteiger partial charge in [0, 0.05) is 32.2 Å². The molecule has 3 atom stereocenters. The van der Waals surface area contributed by atoms with E-state index in [0.29, 0.717) is 19.3 Å². The fraction of sp³-hybridized carbons (Fsp3) is 0.941. The van der Waals surface area contributed by atoms with Gasteiger partial charge in [-0.2, -0.15) is 0 Å². The van der Waals surface area contributed by atoms with Crippen molar-refractivity contribution < 1.29 is 14.3 Å². The largest absolute Gasteiger partial charge is 0.378 e. The maximum Gasteiger partial charge on any atom is 0.251 e. The highest BCUT2D eigenvalue weighted by Crippen LogP contribution is 2.35. The second kappa shape index (κ2) is 6.46. The summed E-state index contributed by atoms with van der Waals surface area (Å²) >= 11 is 0. The molecular formula is C17H28N2O3. The highest BCUT2D eigenvalue weighted by atomic mass is 16.5. The SMILES string of the molecule is O=C([C@@H]1CC[C@H]2[C@H](CCN2CC2CCC2)O1)N1CCOCC1. The monoisotopic (exact) mass is 308 g/mol. The molecule has 3 heterocycles. The molecule has 3 saturated heterocycles. The molecule has 0 bridgehead atoms. The molecule has 4 aliphatic rings. The molecule has 0 N–H and O–H groups in total. The maximum absolute atomic E-state index is 12.6. The van der Waals surface area contributed by atoms with Gasteiger partial charge in [0.1, 0.15) is 6.10 Å². The van der Waals surface area contributed by atoms with Crippen molar-refractivity contribution in [1.82, 2.24) is 9.80 Å². The number of hydrogen-bond donors (Lipinski definition) is 0. The molecule has 0 aromatic heterocycles. The number of fused-ring (bicyclic) bond motifs is 1. The smallest absolute Gasteiger partial charge is 0.251 e. The second-order valence-corrected chi connectivity index (χ2v) is 7.33. The van der Waals surface area contributed by atoms with Crippen molar-refractivity contribution in [2.45, 2.75) is 56.8 Å². The first-order chi connectivity index (χ1) is 10.8. The average molecular weight is 308 g/mol. The molecule has 0 aromatic rings. The zero-order valence-corrected chi connectivity index (χ0v) is 13.4. The lowest BCUT2D eigenvalue weighted by molar-refractivity contribution is -0.158. The summed E-state index contributed by atoms with van der Waals surface area (Å²) in [6.07, 6.45) is 7.42. The topological polar surface area (TPSA) is 42.0 Å². The molecule has 5 heteroatoms. The van der Waals surface area contributed by atoms with E-state index in [2.05, 4.69) is 4.90 Å². The lowest BCUT2D eigenvalue weighted by Crippen LogP contribution is -2.51. The summed E-state index contributed by atoms with van der Waals surface area (Å²) in [5, 5.41) is 0. The standard InChI is InChI=1S/C17H28N2O3/c20-17(18-8-10-21-11-9-18)16-5-4-14-15(22-16)6-7-19(14)12-13-2-1-3-13/h13-16H,1-12H2/t14-,15-,16-/m0/s1. The lowest BCUT2D eigenvalue weighted by Gasteiger charge is -2.39. The van der Waals surface area contributed by atoms with Crippen molar-refractivity contribution in [3.8, 4) is 0 Å². The van der Waals surface area contributed by atoms with Crippen molar-refractivity contribution in [3.63, 3.8) is 0 Å². The van der Waals surface area contributed by atoms with Gasteiger partial charge in [0.2, 0.25) is 0 Å². The van der Waals surface area contributed by atoms with Crippen LogP contribution in [-0.2, 0) is 14.3 Å². The summed E-state index contributed by atoms with van der Waals surface area (Å²) in [6, 6.07) is 0.564. The van der Waals surface area contributed by atoms with Gasteiger partial charge in [-0.1, -0.05) is 6.42 Å². The summed E-state index contributed by atoms with van der Waals surface area (Å²) in [4.78, 5) is 17.2. The Morgan fingerprint density at radius 1 is 1.00 bits per heavy atom. The van der Waals surface area contributed by atoms with Gasteiger partial charge < -0.3 is 14.4 Å². The number of rotatable bonds is 3. The Morgan fingerprint density at radius 3 is 2.55 bits per heavy atom. The molecule has 3 aliphatic heterocycles. The minimum atomic E-state index is -0.206. The molecule has 0 aromatic carbocycles. The molecule has 1 aliphatic carbocycles. The Labute approximate surface area is 132 Å². The van der Waals surface area contributed by atoms with Gasteiger partial charge >= 0.3 is 0 Å². The van der Waals surface area contributed by atoms with Crippen molar-refractivity contribution in [1.29, 1.82) is 0 Å². The third-order valence-corrected chi connectivity index (χ3v) is 5.98. The Kier molecular flexibility index (Phi) is 4.38. The van der Waals surface area contributed by atoms with Crippen LogP contribution in [0.3, 0.4) is 0 Å². The molecule has 0 unspecified atom stereocenters. The van der Waals surface area contributed by atoms with E-state index < -0.39 is 0 Å². The number of likely N-dealkylation sites (tertiary alicyclic amines) is 1. The fourth-order valence-electron chi connectivity index (χ4n) is 4.42. The van der Waals surface area contributed by atoms with Crippen LogP contribution in [0.1, 0.15) is 38.5 Å². The van der Waals surface area contributed by atoms with Crippen LogP contribution in [-0.4, -0.2) is 73.3 Å². The highest BCUT2D eigenvalue weighted by molar-refractivity contribution is 5.81. The lowest BCUT2D eigenvalue weighted by atomic mass is 9.84. The predicted octanol–water partition coefficient (Wildman–Crippen LogP) is 1.27. The van der Waals surface area contributed by atoms with Crippen LogP contribution in [0.4, 0.5) is 0 Å². The minimum Gasteiger partial charge on any atom is -0.378 e. The van der Waals surface area contributed by atoms with Crippen LogP contribution in [0.5, 0.6) is 0 Å². The molecule has 124 valence electrons. The van der Waals surface area contributed by atoms with E-state index in [4.69, 9.17) is 9.47 Å². The van der Waals surface area contributed by atoms with Crippen molar-refractivity contribution in [3.05, 3.63) is 0 Å². The number of carbonyl (C=O) groups is 1. The first-order valence-corrected chi connectivity index (χ1v) is 9.07. The van der Waals surface area contributed by atoms with Crippen LogP contribution >= 0.6 is 0 Å². The zero-order valence-electron chi connectivity index (χ0n) is 13.4. The van der Waals surface area contributed by atoms with Crippen LogP contribution in [0, 0.1) is 5.92 Å². The molecule has 0 spiro atoms. The molecule has 1 saturated carbocycles. The Morgan fingerprint density at radius 2 is 1.82 bits per heavy atom. The van der Waals surface area contributed by atoms with Gasteiger partial charge in [0.15, 0.2) is 0 Å². The number of carbonyl (C=O) groups excluding carboxylic acids is 1. The average Bonchev–Trinajstić information content (AvgIpc) is 2.93. The number of ether oxygens (including phenoxy) is 2. The summed E-state index contributed by atoms with van der Waals surface area (Å²) in [7, 11) is 0. The van der Waals surface area contributed by atoms with Gasteiger partial charge in [-0.15, -0.1) is 0 Å². The summed E-state index contributed by atoms with van der Waals surface area (Å²) < 4.78 is 11.5. The van der Waals surface area contributed by atoms with Crippen molar-refractivity contribution >= 4 is 5.91 Å². The third kappa shape index (κ3) is 2.91. The van der Waals surface area contributed by atoms with E-state index in [-0.39, 0.29) is 18.1 Å². The third-order valence-electron chi connectivity index (χ3n) is 5.98. The van der Waals surface area contributed by atoms with Gasteiger partial charge in [0.25, 0.3) is 5.91 Å². The summed E-state index contributed by atoms with van der Waals surface area (Å²) in [5.74, 6) is 1.12. The molecule has 4 rings (SSSR count). The predicted molar refractivity (Wildman–Crippen MR) is 82.6 cm³/mol. The normalized spacial score (nSPS) is 36.9. The summed E-state index contributed by atoms with van der Waals surface area (Å²) in [6.45, 7) is 5.19. The zero-order chi connectivity index (χ0) is 14.9. The van der Waals surface area contributed by atoms with Crippen LogP contribution < -0.4 is 0 Å². The van der Waals surface area contributed by atoms with Gasteiger partial charge in [-0.05, 0) is 38.0 Å². The van der Waals surface area contributed by atoms with Crippen LogP contribution in [0.25, 0.3) is 0 Å². The van der Waals surface area contributed by atoms with E-state index >= 15 is 0 Å². The molecule has 4 fully saturated rings. The van der Waals surface area contributed by atoms with Crippen molar-refractivity contribution in [2.75, 3.05) is 39.4 Å². The van der Waals surface area contributed by atoms with E-state index in [1.54, 1.807) is 0 Å². The molecule has 1 amide bonds. The Bertz CT molecular complexity index is 407. The fourth-order valence-corrected chi connectivity index (χ4v) is 4.42. The molecule has 5 nitrogen and oxygen atoms in total. The molecule has 0 radical (unpaired) electrons. The van der Waals surface area contributed by atoms with E-state index in [0.717, 1.165) is 44.8 Å². The quantitative estimate of drug-likeness (QED) is 0.787. The minimum absolute atomic E-state index is 0.194. The number of morpholine rings is 1. The molecule has 22 heavy (non-hydrogen) atoms. The number of hydrogen-bond acceptors (Lipinski definition) is 4. The van der Waals surface area contributed by atoms with E-state index in [1.165, 1.54) is 25.8 Å². The van der Waals surface area contributed by atoms with Crippen molar-refractivity contribution in [2.24, 2.45) is 5.92 Å². The summed E-state index contributed by atoms with van der Waals surface area (Å²) in [5.41, 5.74) is 0. The first kappa shape index (κ1) is 14.9. The Hall–Kier alpha value is -0.650. The number of nitrogens with zero attached hydrogens (tertiary/aromatic N) is 2. The van der Waals surface area contributed by atoms with Gasteiger partial charge in [-0.25, -0.2) is 0 Å². The maximum atomic E-state index is 12.6. The van der Waals surface area contributed by atoms with Crippen LogP contribution in [0.15, 0.2) is 0 Å². The second-order valence-electron chi connectivity index (χ2n) is 7.33. The Balaban J connectivity index is 1.31. The highest BCUT2D eigenvalue weighted by Gasteiger charge is 2.43. The van der Waals surface area contributed by atoms with E-state index in [9.17, 15) is 4.79 Å². The first-order valence-electron chi connectivity index (χ1n) is 9.07. The van der Waals surface area contributed by atoms with Gasteiger partial charge in [-0.3, -0.25) is 9.69 Å². The molecular weight excluding hydrogens is 280 g/mol. The van der Waals surface area contributed by atoms with E-state index in [1.807, 2.05) is 4.90 Å². The van der Waals surface area contributed by atoms with Gasteiger partial charge in [0.05, 0.1) is 19.3 Å². The number of amides is 1. The van der Waals surface area contributed by atoms with Crippen LogP contribution in [0.2, 0.25) is 0 Å².